The van der Waals surface area contributed by atoms with Crippen molar-refractivity contribution in [3.63, 3.8) is 0 Å². The first kappa shape index (κ1) is 19.7. The Morgan fingerprint density at radius 2 is 1.68 bits per heavy atom. The Hall–Kier alpha value is -1.65. The molecule has 1 amide bonds. The number of benzene rings is 2. The third-order valence-corrected chi connectivity index (χ3v) is 7.26. The fraction of sp³-hybridized carbons (Fsp3) is 0.458. The van der Waals surface area contributed by atoms with Crippen LogP contribution in [0.2, 0.25) is 0 Å². The predicted molar refractivity (Wildman–Crippen MR) is 118 cm³/mol. The Morgan fingerprint density at radius 3 is 2.32 bits per heavy atom. The Kier molecular flexibility index (Phi) is 5.88. The lowest BCUT2D eigenvalue weighted by Crippen LogP contribution is -2.55. The second-order valence-corrected chi connectivity index (χ2v) is 9.11. The number of carbonyl (C=O) groups excluding carboxylic acids is 1. The molecule has 1 saturated heterocycles. The number of amides is 1. The van der Waals surface area contributed by atoms with Crippen LogP contribution in [-0.4, -0.2) is 29.4 Å². The van der Waals surface area contributed by atoms with Crippen LogP contribution in [0.1, 0.15) is 66.1 Å². The molecule has 0 aromatic heterocycles. The van der Waals surface area contributed by atoms with Gasteiger partial charge in [-0.05, 0) is 78.8 Å². The third-order valence-electron chi connectivity index (χ3n) is 6.60. The molecule has 1 saturated carbocycles. The van der Waals surface area contributed by atoms with Crippen molar-refractivity contribution in [1.29, 1.82) is 0 Å². The molecule has 1 N–H and O–H groups in total. The fourth-order valence-corrected chi connectivity index (χ4v) is 5.88. The first-order valence-corrected chi connectivity index (χ1v) is 11.3. The average Bonchev–Trinajstić information content (AvgIpc) is 3.39. The average molecular weight is 441 g/mol. The normalized spacial score (nSPS) is 20.2. The van der Waals surface area contributed by atoms with Gasteiger partial charge in [-0.3, -0.25) is 9.69 Å². The lowest BCUT2D eigenvalue weighted by atomic mass is 9.81. The van der Waals surface area contributed by atoms with Crippen LogP contribution in [0.15, 0.2) is 53.0 Å². The number of carbonyl (C=O) groups is 1. The van der Waals surface area contributed by atoms with Gasteiger partial charge in [0.2, 0.25) is 0 Å². The number of rotatable bonds is 5. The van der Waals surface area contributed by atoms with Crippen LogP contribution >= 0.6 is 15.9 Å². The molecule has 1 heterocycles. The highest BCUT2D eigenvalue weighted by Crippen LogP contribution is 2.46. The largest absolute Gasteiger partial charge is 0.343 e. The molecule has 1 unspecified atom stereocenters. The summed E-state index contributed by atoms with van der Waals surface area (Å²) < 4.78 is 0.860. The summed E-state index contributed by atoms with van der Waals surface area (Å²) in [6.45, 7) is 4.30. The number of hydrogen-bond donors (Lipinski definition) is 1. The van der Waals surface area contributed by atoms with Crippen LogP contribution in [0.4, 0.5) is 0 Å². The molecule has 0 bridgehead atoms. The molecule has 2 aromatic rings. The van der Waals surface area contributed by atoms with E-state index in [0.29, 0.717) is 0 Å². The summed E-state index contributed by atoms with van der Waals surface area (Å²) in [5, 5.41) is 3.48. The first-order valence-electron chi connectivity index (χ1n) is 10.5. The lowest BCUT2D eigenvalue weighted by molar-refractivity contribution is 0.0642. The van der Waals surface area contributed by atoms with E-state index in [1.54, 1.807) is 0 Å². The van der Waals surface area contributed by atoms with Gasteiger partial charge in [-0.1, -0.05) is 55.3 Å². The lowest BCUT2D eigenvalue weighted by Gasteiger charge is -2.45. The topological polar surface area (TPSA) is 32.3 Å². The molecule has 148 valence electrons. The van der Waals surface area contributed by atoms with E-state index in [1.165, 1.54) is 31.2 Å². The summed E-state index contributed by atoms with van der Waals surface area (Å²) in [5.74, 6) is 0.0179. The van der Waals surface area contributed by atoms with Gasteiger partial charge >= 0.3 is 0 Å². The summed E-state index contributed by atoms with van der Waals surface area (Å²) in [5.41, 5.74) is 3.00. The van der Waals surface area contributed by atoms with Gasteiger partial charge in [0, 0.05) is 10.0 Å². The minimum Gasteiger partial charge on any atom is -0.343 e. The van der Waals surface area contributed by atoms with Crippen LogP contribution < -0.4 is 5.32 Å². The zero-order valence-electron chi connectivity index (χ0n) is 16.6. The predicted octanol–water partition coefficient (Wildman–Crippen LogP) is 5.64. The monoisotopic (exact) mass is 440 g/mol. The molecule has 0 spiro atoms. The maximum Gasteiger partial charge on any atom is 0.253 e. The Labute approximate surface area is 176 Å². The molecule has 0 radical (unpaired) electrons. The number of likely N-dealkylation sites (tertiary alicyclic amines) is 1. The SMILES string of the molecule is Cc1cccc(Br)c1C(=O)NC(c1ccccc1)C1(N2CCCC2)CCCC1. The standard InChI is InChI=1S/C24H29BrN2O/c1-18-10-9-13-20(25)21(18)23(28)26-22(19-11-3-2-4-12-19)24(14-5-6-15-24)27-16-7-8-17-27/h2-4,9-13,22H,5-8,14-17H2,1H3,(H,26,28). The van der Waals surface area contributed by atoms with E-state index in [2.05, 4.69) is 56.5 Å². The van der Waals surface area contributed by atoms with Crippen molar-refractivity contribution in [2.45, 2.75) is 57.0 Å². The van der Waals surface area contributed by atoms with Gasteiger partial charge in [0.25, 0.3) is 5.91 Å². The molecular weight excluding hydrogens is 412 g/mol. The van der Waals surface area contributed by atoms with Crippen molar-refractivity contribution in [2.24, 2.45) is 0 Å². The summed E-state index contributed by atoms with van der Waals surface area (Å²) in [4.78, 5) is 16.1. The molecule has 28 heavy (non-hydrogen) atoms. The van der Waals surface area contributed by atoms with Gasteiger partial charge < -0.3 is 5.32 Å². The van der Waals surface area contributed by atoms with Gasteiger partial charge in [0.15, 0.2) is 0 Å². The fourth-order valence-electron chi connectivity index (χ4n) is 5.23. The van der Waals surface area contributed by atoms with E-state index in [0.717, 1.165) is 41.5 Å². The number of aryl methyl sites for hydroxylation is 1. The molecule has 1 atom stereocenters. The van der Waals surface area contributed by atoms with E-state index < -0.39 is 0 Å². The highest BCUT2D eigenvalue weighted by Gasteiger charge is 2.48. The van der Waals surface area contributed by atoms with Crippen molar-refractivity contribution in [3.8, 4) is 0 Å². The maximum absolute atomic E-state index is 13.4. The van der Waals surface area contributed by atoms with Crippen molar-refractivity contribution in [1.82, 2.24) is 10.2 Å². The minimum atomic E-state index is 0.00769. The van der Waals surface area contributed by atoms with Crippen LogP contribution in [0, 0.1) is 6.92 Å². The van der Waals surface area contributed by atoms with E-state index in [1.807, 2.05) is 25.1 Å². The zero-order valence-corrected chi connectivity index (χ0v) is 18.2. The van der Waals surface area contributed by atoms with Gasteiger partial charge in [-0.15, -0.1) is 0 Å². The molecule has 3 nitrogen and oxygen atoms in total. The Balaban J connectivity index is 1.73. The molecule has 1 aliphatic carbocycles. The zero-order chi connectivity index (χ0) is 19.6. The molecule has 2 aromatic carbocycles. The number of nitrogens with zero attached hydrogens (tertiary/aromatic N) is 1. The summed E-state index contributed by atoms with van der Waals surface area (Å²) in [6.07, 6.45) is 7.32. The highest BCUT2D eigenvalue weighted by molar-refractivity contribution is 9.10. The molecular formula is C24H29BrN2O. The number of hydrogen-bond acceptors (Lipinski definition) is 2. The van der Waals surface area contributed by atoms with Crippen molar-refractivity contribution in [3.05, 3.63) is 69.7 Å². The van der Waals surface area contributed by atoms with E-state index in [-0.39, 0.29) is 17.5 Å². The molecule has 2 aliphatic rings. The summed E-state index contributed by atoms with van der Waals surface area (Å²) in [6, 6.07) is 16.5. The van der Waals surface area contributed by atoms with Crippen molar-refractivity contribution >= 4 is 21.8 Å². The van der Waals surface area contributed by atoms with Gasteiger partial charge in [0.05, 0.1) is 11.6 Å². The number of nitrogens with one attached hydrogen (secondary N) is 1. The third kappa shape index (κ3) is 3.65. The Bertz CT molecular complexity index is 804. The quantitative estimate of drug-likeness (QED) is 0.652. The molecule has 4 heteroatoms. The molecule has 2 fully saturated rings. The highest BCUT2D eigenvalue weighted by atomic mass is 79.9. The van der Waals surface area contributed by atoms with Gasteiger partial charge in [-0.2, -0.15) is 0 Å². The number of halogens is 1. The smallest absolute Gasteiger partial charge is 0.253 e. The van der Waals surface area contributed by atoms with E-state index in [4.69, 9.17) is 0 Å². The summed E-state index contributed by atoms with van der Waals surface area (Å²) in [7, 11) is 0. The van der Waals surface area contributed by atoms with Crippen molar-refractivity contribution in [2.75, 3.05) is 13.1 Å². The van der Waals surface area contributed by atoms with Crippen LogP contribution in [0.5, 0.6) is 0 Å². The first-order chi connectivity index (χ1) is 13.6. The molecule has 1 aliphatic heterocycles. The minimum absolute atomic E-state index is 0.00769. The maximum atomic E-state index is 13.4. The molecule has 4 rings (SSSR count). The van der Waals surface area contributed by atoms with Crippen LogP contribution in [0.25, 0.3) is 0 Å². The van der Waals surface area contributed by atoms with E-state index in [9.17, 15) is 4.79 Å². The van der Waals surface area contributed by atoms with Crippen LogP contribution in [0.3, 0.4) is 0 Å². The second kappa shape index (κ2) is 8.38. The second-order valence-electron chi connectivity index (χ2n) is 8.25. The van der Waals surface area contributed by atoms with Gasteiger partial charge in [-0.25, -0.2) is 0 Å². The Morgan fingerprint density at radius 1 is 1.00 bits per heavy atom. The van der Waals surface area contributed by atoms with Gasteiger partial charge in [0.1, 0.15) is 0 Å². The van der Waals surface area contributed by atoms with E-state index >= 15 is 0 Å². The summed E-state index contributed by atoms with van der Waals surface area (Å²) >= 11 is 3.59. The van der Waals surface area contributed by atoms with Crippen molar-refractivity contribution < 1.29 is 4.79 Å². The van der Waals surface area contributed by atoms with Crippen LogP contribution in [-0.2, 0) is 0 Å².